The SMILES string of the molecule is COc1cc(OC(=O)N(C)C)cc2c1c(C(=O)O)c1ccccn12. The lowest BCUT2D eigenvalue weighted by Gasteiger charge is -2.12. The van der Waals surface area contributed by atoms with Crippen molar-refractivity contribution in [2.24, 2.45) is 0 Å². The van der Waals surface area contributed by atoms with Crippen molar-refractivity contribution in [2.45, 2.75) is 0 Å². The van der Waals surface area contributed by atoms with Gasteiger partial charge in [-0.15, -0.1) is 0 Å². The van der Waals surface area contributed by atoms with Gasteiger partial charge < -0.3 is 23.9 Å². The van der Waals surface area contributed by atoms with Crippen molar-refractivity contribution < 1.29 is 24.2 Å². The summed E-state index contributed by atoms with van der Waals surface area (Å²) < 4.78 is 12.4. The molecule has 0 aliphatic rings. The van der Waals surface area contributed by atoms with Crippen LogP contribution in [-0.4, -0.2) is 47.7 Å². The van der Waals surface area contributed by atoms with Crippen molar-refractivity contribution in [3.63, 3.8) is 0 Å². The van der Waals surface area contributed by atoms with Crippen LogP contribution in [-0.2, 0) is 0 Å². The average Bonchev–Trinajstić information content (AvgIpc) is 2.88. The number of methoxy groups -OCH3 is 1. The Labute approximate surface area is 137 Å². The summed E-state index contributed by atoms with van der Waals surface area (Å²) in [6.45, 7) is 0. The van der Waals surface area contributed by atoms with E-state index < -0.39 is 12.1 Å². The van der Waals surface area contributed by atoms with Crippen molar-refractivity contribution >= 4 is 28.5 Å². The third-order valence-corrected chi connectivity index (χ3v) is 3.68. The van der Waals surface area contributed by atoms with Crippen LogP contribution in [0.1, 0.15) is 10.4 Å². The minimum atomic E-state index is -1.05. The van der Waals surface area contributed by atoms with Crippen LogP contribution >= 0.6 is 0 Å². The maximum Gasteiger partial charge on any atom is 0.414 e. The fourth-order valence-electron chi connectivity index (χ4n) is 2.63. The van der Waals surface area contributed by atoms with Gasteiger partial charge in [-0.1, -0.05) is 6.07 Å². The Bertz CT molecular complexity index is 958. The number of carbonyl (C=O) groups is 2. The Morgan fingerprint density at radius 2 is 1.92 bits per heavy atom. The lowest BCUT2D eigenvalue weighted by atomic mass is 10.1. The monoisotopic (exact) mass is 328 g/mol. The van der Waals surface area contributed by atoms with Crippen molar-refractivity contribution in [2.75, 3.05) is 21.2 Å². The molecule has 1 amide bonds. The second-order valence-corrected chi connectivity index (χ2v) is 5.42. The molecule has 0 saturated carbocycles. The van der Waals surface area contributed by atoms with Crippen molar-refractivity contribution in [3.8, 4) is 11.5 Å². The number of carboxylic acid groups (broad SMARTS) is 1. The normalized spacial score (nSPS) is 10.8. The molecular formula is C17H16N2O5. The number of hydrogen-bond donors (Lipinski definition) is 1. The van der Waals surface area contributed by atoms with Gasteiger partial charge in [0.1, 0.15) is 11.5 Å². The zero-order valence-electron chi connectivity index (χ0n) is 13.4. The first-order valence-corrected chi connectivity index (χ1v) is 7.17. The van der Waals surface area contributed by atoms with E-state index in [0.717, 1.165) is 0 Å². The van der Waals surface area contributed by atoms with Gasteiger partial charge in [-0.3, -0.25) is 0 Å². The first-order valence-electron chi connectivity index (χ1n) is 7.17. The first-order chi connectivity index (χ1) is 11.4. The molecule has 0 spiro atoms. The first kappa shape index (κ1) is 15.7. The highest BCUT2D eigenvalue weighted by Gasteiger charge is 2.22. The Morgan fingerprint density at radius 1 is 1.17 bits per heavy atom. The number of ether oxygens (including phenoxy) is 2. The third-order valence-electron chi connectivity index (χ3n) is 3.68. The Balaban J connectivity index is 2.34. The van der Waals surface area contributed by atoms with Gasteiger partial charge in [0.05, 0.1) is 29.1 Å². The molecule has 124 valence electrons. The Kier molecular flexibility index (Phi) is 3.76. The summed E-state index contributed by atoms with van der Waals surface area (Å²) in [4.78, 5) is 24.8. The number of benzene rings is 1. The highest BCUT2D eigenvalue weighted by atomic mass is 16.6. The van der Waals surface area contributed by atoms with Crippen LogP contribution in [0.3, 0.4) is 0 Å². The molecule has 0 atom stereocenters. The molecule has 1 aromatic carbocycles. The molecule has 0 bridgehead atoms. The second kappa shape index (κ2) is 5.77. The maximum absolute atomic E-state index is 11.8. The number of amides is 1. The number of nitrogens with zero attached hydrogens (tertiary/aromatic N) is 2. The molecule has 0 aliphatic heterocycles. The van der Waals surface area contributed by atoms with Crippen LogP contribution < -0.4 is 9.47 Å². The molecule has 0 saturated heterocycles. The standard InChI is InChI=1S/C17H16N2O5/c1-18(2)17(22)24-10-8-12-14(13(9-10)23-3)15(16(20)21)11-6-4-5-7-19(11)12/h4-9H,1-3H3,(H,20,21). The molecule has 0 radical (unpaired) electrons. The summed E-state index contributed by atoms with van der Waals surface area (Å²) in [5.74, 6) is -0.446. The number of carboxylic acids is 1. The summed E-state index contributed by atoms with van der Waals surface area (Å²) in [5, 5.41) is 10.1. The van der Waals surface area contributed by atoms with Crippen LogP contribution in [0.15, 0.2) is 36.5 Å². The van der Waals surface area contributed by atoms with Crippen LogP contribution in [0.25, 0.3) is 16.4 Å². The number of fused-ring (bicyclic) bond motifs is 3. The van der Waals surface area contributed by atoms with Gasteiger partial charge in [-0.2, -0.15) is 0 Å². The quantitative estimate of drug-likeness (QED) is 0.799. The average molecular weight is 328 g/mol. The van der Waals surface area contributed by atoms with E-state index in [0.29, 0.717) is 22.2 Å². The fraction of sp³-hybridized carbons (Fsp3) is 0.176. The van der Waals surface area contributed by atoms with E-state index in [9.17, 15) is 14.7 Å². The molecular weight excluding hydrogens is 312 g/mol. The Morgan fingerprint density at radius 3 is 2.54 bits per heavy atom. The molecule has 0 unspecified atom stereocenters. The largest absolute Gasteiger partial charge is 0.496 e. The third kappa shape index (κ3) is 2.40. The van der Waals surface area contributed by atoms with Gasteiger partial charge in [0, 0.05) is 32.4 Å². The molecule has 3 rings (SSSR count). The van der Waals surface area contributed by atoms with Crippen molar-refractivity contribution in [3.05, 3.63) is 42.1 Å². The molecule has 2 heterocycles. The van der Waals surface area contributed by atoms with E-state index >= 15 is 0 Å². The number of rotatable bonds is 3. The smallest absolute Gasteiger partial charge is 0.414 e. The zero-order valence-corrected chi connectivity index (χ0v) is 13.4. The predicted molar refractivity (Wildman–Crippen MR) is 88.1 cm³/mol. The second-order valence-electron chi connectivity index (χ2n) is 5.42. The molecule has 24 heavy (non-hydrogen) atoms. The van der Waals surface area contributed by atoms with E-state index in [2.05, 4.69) is 0 Å². The molecule has 0 aliphatic carbocycles. The topological polar surface area (TPSA) is 80.5 Å². The van der Waals surface area contributed by atoms with E-state index in [1.807, 2.05) is 0 Å². The van der Waals surface area contributed by atoms with Crippen molar-refractivity contribution in [1.82, 2.24) is 9.30 Å². The number of aromatic nitrogens is 1. The summed E-state index contributed by atoms with van der Waals surface area (Å²) in [5.41, 5.74) is 1.27. The van der Waals surface area contributed by atoms with E-state index in [1.54, 1.807) is 49.0 Å². The van der Waals surface area contributed by atoms with Gasteiger partial charge in [0.2, 0.25) is 0 Å². The molecule has 0 fully saturated rings. The fourth-order valence-corrected chi connectivity index (χ4v) is 2.63. The minimum absolute atomic E-state index is 0.146. The molecule has 1 N–H and O–H groups in total. The highest BCUT2D eigenvalue weighted by Crippen LogP contribution is 2.37. The summed E-state index contributed by atoms with van der Waals surface area (Å²) in [6.07, 6.45) is 1.22. The predicted octanol–water partition coefficient (Wildman–Crippen LogP) is 2.86. The number of hydrogen-bond acceptors (Lipinski definition) is 4. The van der Waals surface area contributed by atoms with E-state index in [-0.39, 0.29) is 11.3 Å². The van der Waals surface area contributed by atoms with Crippen LogP contribution in [0.5, 0.6) is 11.5 Å². The van der Waals surface area contributed by atoms with Gasteiger partial charge >= 0.3 is 12.1 Å². The lowest BCUT2D eigenvalue weighted by Crippen LogP contribution is -2.25. The number of carbonyl (C=O) groups excluding carboxylic acids is 1. The van der Waals surface area contributed by atoms with Crippen LogP contribution in [0.4, 0.5) is 4.79 Å². The lowest BCUT2D eigenvalue weighted by molar-refractivity contribution is 0.0700. The zero-order chi connectivity index (χ0) is 17.4. The molecule has 7 heteroatoms. The van der Waals surface area contributed by atoms with Gasteiger partial charge in [0.15, 0.2) is 0 Å². The summed E-state index contributed by atoms with van der Waals surface area (Å²) in [6, 6.07) is 8.41. The number of aromatic carboxylic acids is 1. The maximum atomic E-state index is 11.8. The summed E-state index contributed by atoms with van der Waals surface area (Å²) in [7, 11) is 4.60. The van der Waals surface area contributed by atoms with Gasteiger partial charge in [-0.25, -0.2) is 9.59 Å². The minimum Gasteiger partial charge on any atom is -0.496 e. The summed E-state index contributed by atoms with van der Waals surface area (Å²) >= 11 is 0. The molecule has 7 nitrogen and oxygen atoms in total. The highest BCUT2D eigenvalue weighted by molar-refractivity contribution is 6.13. The molecule has 2 aromatic heterocycles. The van der Waals surface area contributed by atoms with E-state index in [1.165, 1.54) is 18.1 Å². The Hall–Kier alpha value is -3.22. The van der Waals surface area contributed by atoms with Crippen LogP contribution in [0, 0.1) is 0 Å². The van der Waals surface area contributed by atoms with E-state index in [4.69, 9.17) is 9.47 Å². The van der Waals surface area contributed by atoms with Crippen molar-refractivity contribution in [1.29, 1.82) is 0 Å². The molecule has 3 aromatic rings. The van der Waals surface area contributed by atoms with Crippen LogP contribution in [0.2, 0.25) is 0 Å². The number of pyridine rings is 1. The van der Waals surface area contributed by atoms with Gasteiger partial charge in [-0.05, 0) is 12.1 Å². The van der Waals surface area contributed by atoms with Gasteiger partial charge in [0.25, 0.3) is 0 Å².